The van der Waals surface area contributed by atoms with Gasteiger partial charge in [-0.05, 0) is 38.8 Å². The first kappa shape index (κ1) is 22.3. The maximum atomic E-state index is 12.7. The maximum absolute atomic E-state index is 12.7. The molecule has 0 radical (unpaired) electrons. The second-order valence-electron chi connectivity index (χ2n) is 8.76. The van der Waals surface area contributed by atoms with Crippen molar-refractivity contribution in [3.63, 3.8) is 0 Å². The first-order chi connectivity index (χ1) is 14.2. The van der Waals surface area contributed by atoms with E-state index in [2.05, 4.69) is 36.8 Å². The lowest BCUT2D eigenvalue weighted by molar-refractivity contribution is -0.132. The van der Waals surface area contributed by atoms with E-state index < -0.39 is 0 Å². The molecule has 7 nitrogen and oxygen atoms in total. The number of nitrogens with zero attached hydrogens (tertiary/aromatic N) is 5. The molecule has 7 heteroatoms. The van der Waals surface area contributed by atoms with Gasteiger partial charge in [0.2, 0.25) is 5.91 Å². The van der Waals surface area contributed by atoms with Crippen molar-refractivity contribution in [3.8, 4) is 0 Å². The number of nitrogens with one attached hydrogen (secondary N) is 1. The van der Waals surface area contributed by atoms with E-state index in [0.29, 0.717) is 18.5 Å². The highest BCUT2D eigenvalue weighted by Gasteiger charge is 2.25. The molecule has 1 unspecified atom stereocenters. The van der Waals surface area contributed by atoms with Gasteiger partial charge in [0.15, 0.2) is 5.96 Å². The number of piperidine rings is 1. The molecule has 0 aromatic carbocycles. The molecular weight excluding hydrogens is 364 g/mol. The Morgan fingerprint density at radius 1 is 0.897 bits per heavy atom. The van der Waals surface area contributed by atoms with E-state index in [0.717, 1.165) is 71.2 Å². The lowest BCUT2D eigenvalue weighted by Gasteiger charge is -2.39. The fourth-order valence-electron chi connectivity index (χ4n) is 4.98. The zero-order valence-corrected chi connectivity index (χ0v) is 18.7. The monoisotopic (exact) mass is 406 g/mol. The van der Waals surface area contributed by atoms with Gasteiger partial charge in [0.05, 0.1) is 6.54 Å². The maximum Gasteiger partial charge on any atom is 0.236 e. The number of guanidine groups is 1. The molecule has 3 heterocycles. The van der Waals surface area contributed by atoms with Crippen LogP contribution in [0.1, 0.15) is 51.9 Å². The molecule has 3 aliphatic rings. The topological polar surface area (TPSA) is 54.4 Å². The molecule has 0 saturated carbocycles. The first-order valence-electron chi connectivity index (χ1n) is 11.9. The molecule has 0 spiro atoms. The number of rotatable bonds is 5. The second kappa shape index (κ2) is 11.7. The summed E-state index contributed by atoms with van der Waals surface area (Å²) >= 11 is 0. The minimum atomic E-state index is 0.319. The minimum absolute atomic E-state index is 0.319. The van der Waals surface area contributed by atoms with Gasteiger partial charge < -0.3 is 15.1 Å². The van der Waals surface area contributed by atoms with Crippen LogP contribution in [-0.4, -0.2) is 110 Å². The average molecular weight is 407 g/mol. The summed E-state index contributed by atoms with van der Waals surface area (Å²) in [4.78, 5) is 26.5. The van der Waals surface area contributed by atoms with E-state index in [4.69, 9.17) is 0 Å². The van der Waals surface area contributed by atoms with Gasteiger partial charge in [-0.15, -0.1) is 0 Å². The molecular formula is C22H42N6O. The van der Waals surface area contributed by atoms with Crippen LogP contribution in [0, 0.1) is 0 Å². The van der Waals surface area contributed by atoms with Crippen molar-refractivity contribution in [2.45, 2.75) is 57.9 Å². The van der Waals surface area contributed by atoms with Crippen LogP contribution in [0.15, 0.2) is 4.99 Å². The van der Waals surface area contributed by atoms with E-state index in [1.165, 1.54) is 38.6 Å². The SMILES string of the molecule is CCN1CCCCC1CNC(=NC)N1CCN(CC(=O)N2CCCCCC2)CC1. The summed E-state index contributed by atoms with van der Waals surface area (Å²) in [5, 5.41) is 3.63. The molecule has 0 aromatic heterocycles. The van der Waals surface area contributed by atoms with Gasteiger partial charge in [0.25, 0.3) is 0 Å². The molecule has 3 saturated heterocycles. The average Bonchev–Trinajstić information content (AvgIpc) is 3.05. The molecule has 3 aliphatic heterocycles. The largest absolute Gasteiger partial charge is 0.355 e. The fraction of sp³-hybridized carbons (Fsp3) is 0.909. The number of piperazine rings is 1. The smallest absolute Gasteiger partial charge is 0.236 e. The number of hydrogen-bond donors (Lipinski definition) is 1. The van der Waals surface area contributed by atoms with Gasteiger partial charge >= 0.3 is 0 Å². The van der Waals surface area contributed by atoms with Crippen molar-refractivity contribution in [2.24, 2.45) is 4.99 Å². The van der Waals surface area contributed by atoms with Gasteiger partial charge in [0, 0.05) is 58.9 Å². The second-order valence-corrected chi connectivity index (χ2v) is 8.76. The summed E-state index contributed by atoms with van der Waals surface area (Å²) in [7, 11) is 1.88. The molecule has 1 amide bonds. The van der Waals surface area contributed by atoms with Crippen molar-refractivity contribution in [1.29, 1.82) is 0 Å². The summed E-state index contributed by atoms with van der Waals surface area (Å²) in [6.07, 6.45) is 8.82. The number of carbonyl (C=O) groups excluding carboxylic acids is 1. The highest BCUT2D eigenvalue weighted by atomic mass is 16.2. The Balaban J connectivity index is 1.40. The minimum Gasteiger partial charge on any atom is -0.355 e. The normalized spacial score (nSPS) is 25.7. The van der Waals surface area contributed by atoms with Gasteiger partial charge in [-0.1, -0.05) is 26.2 Å². The summed E-state index contributed by atoms with van der Waals surface area (Å²) in [5.74, 6) is 1.34. The van der Waals surface area contributed by atoms with Gasteiger partial charge in [-0.2, -0.15) is 0 Å². The zero-order chi connectivity index (χ0) is 20.5. The number of aliphatic imine (C=N–C) groups is 1. The van der Waals surface area contributed by atoms with Gasteiger partial charge in [-0.3, -0.25) is 19.6 Å². The standard InChI is InChI=1S/C22H42N6O/c1-3-26-11-9-6-10-20(26)18-24-22(23-2)28-16-14-25(15-17-28)19-21(29)27-12-7-4-5-8-13-27/h20H,3-19H2,1-2H3,(H,23,24). The summed E-state index contributed by atoms with van der Waals surface area (Å²) in [6, 6.07) is 0.623. The lowest BCUT2D eigenvalue weighted by atomic mass is 10.0. The van der Waals surface area contributed by atoms with Crippen LogP contribution in [0.3, 0.4) is 0 Å². The Labute approximate surface area is 177 Å². The highest BCUT2D eigenvalue weighted by molar-refractivity contribution is 5.80. The third-order valence-corrected chi connectivity index (χ3v) is 6.85. The Morgan fingerprint density at radius 2 is 1.59 bits per heavy atom. The molecule has 166 valence electrons. The molecule has 1 atom stereocenters. The van der Waals surface area contributed by atoms with Gasteiger partial charge in [-0.25, -0.2) is 0 Å². The van der Waals surface area contributed by atoms with Crippen molar-refractivity contribution in [1.82, 2.24) is 24.9 Å². The molecule has 0 aromatic rings. The van der Waals surface area contributed by atoms with Crippen LogP contribution in [-0.2, 0) is 4.79 Å². The zero-order valence-electron chi connectivity index (χ0n) is 18.7. The Bertz CT molecular complexity index is 523. The van der Waals surface area contributed by atoms with Crippen molar-refractivity contribution in [2.75, 3.05) is 72.5 Å². The molecule has 3 fully saturated rings. The quantitative estimate of drug-likeness (QED) is 0.553. The molecule has 29 heavy (non-hydrogen) atoms. The van der Waals surface area contributed by atoms with Crippen LogP contribution in [0.4, 0.5) is 0 Å². The molecule has 1 N–H and O–H groups in total. The Hall–Kier alpha value is -1.34. The third-order valence-electron chi connectivity index (χ3n) is 6.85. The van der Waals surface area contributed by atoms with Crippen molar-refractivity contribution >= 4 is 11.9 Å². The summed E-state index contributed by atoms with van der Waals surface area (Å²) in [5.41, 5.74) is 0. The van der Waals surface area contributed by atoms with Gasteiger partial charge in [0.1, 0.15) is 0 Å². The summed E-state index contributed by atoms with van der Waals surface area (Å²) < 4.78 is 0. The van der Waals surface area contributed by atoms with Crippen LogP contribution in [0.5, 0.6) is 0 Å². The summed E-state index contributed by atoms with van der Waals surface area (Å²) in [6.45, 7) is 11.8. The van der Waals surface area contributed by atoms with Crippen LogP contribution < -0.4 is 5.32 Å². The lowest BCUT2D eigenvalue weighted by Crippen LogP contribution is -2.56. The number of likely N-dealkylation sites (tertiary alicyclic amines) is 2. The van der Waals surface area contributed by atoms with Crippen molar-refractivity contribution < 1.29 is 4.79 Å². The first-order valence-corrected chi connectivity index (χ1v) is 11.9. The van der Waals surface area contributed by atoms with Crippen LogP contribution >= 0.6 is 0 Å². The van der Waals surface area contributed by atoms with Crippen LogP contribution in [0.25, 0.3) is 0 Å². The Kier molecular flexibility index (Phi) is 9.05. The van der Waals surface area contributed by atoms with Crippen LogP contribution in [0.2, 0.25) is 0 Å². The molecule has 3 rings (SSSR count). The fourth-order valence-corrected chi connectivity index (χ4v) is 4.98. The predicted octanol–water partition coefficient (Wildman–Crippen LogP) is 1.46. The molecule has 0 bridgehead atoms. The predicted molar refractivity (Wildman–Crippen MR) is 119 cm³/mol. The van der Waals surface area contributed by atoms with E-state index in [9.17, 15) is 4.79 Å². The van der Waals surface area contributed by atoms with E-state index in [-0.39, 0.29) is 0 Å². The number of hydrogen-bond acceptors (Lipinski definition) is 4. The number of likely N-dealkylation sites (N-methyl/N-ethyl adjacent to an activating group) is 1. The number of amides is 1. The highest BCUT2D eigenvalue weighted by Crippen LogP contribution is 2.16. The molecule has 0 aliphatic carbocycles. The van der Waals surface area contributed by atoms with E-state index in [1.54, 1.807) is 0 Å². The van der Waals surface area contributed by atoms with Crippen molar-refractivity contribution in [3.05, 3.63) is 0 Å². The van der Waals surface area contributed by atoms with E-state index in [1.807, 2.05) is 7.05 Å². The van der Waals surface area contributed by atoms with E-state index >= 15 is 0 Å². The Morgan fingerprint density at radius 3 is 2.24 bits per heavy atom. The third kappa shape index (κ3) is 6.57. The number of carbonyl (C=O) groups is 1.